The lowest BCUT2D eigenvalue weighted by molar-refractivity contribution is -0.143. The molecule has 0 heterocycles. The highest BCUT2D eigenvalue weighted by Crippen LogP contribution is 2.38. The molecular weight excluding hydrogens is 308 g/mol. The maximum atomic E-state index is 11.8. The fourth-order valence-electron chi connectivity index (χ4n) is 1.83. The van der Waals surface area contributed by atoms with Gasteiger partial charge in [-0.1, -0.05) is 39.0 Å². The zero-order valence-corrected chi connectivity index (χ0v) is 16.1. The summed E-state index contributed by atoms with van der Waals surface area (Å²) in [7, 11) is -0.635. The van der Waals surface area contributed by atoms with Crippen molar-refractivity contribution in [3.05, 3.63) is 29.8 Å². The Morgan fingerprint density at radius 3 is 2.30 bits per heavy atom. The van der Waals surface area contributed by atoms with Gasteiger partial charge in [-0.2, -0.15) is 0 Å². The number of aryl methyl sites for hydroxylation is 1. The Morgan fingerprint density at radius 1 is 1.13 bits per heavy atom. The quantitative estimate of drug-likeness (QED) is 0.427. The van der Waals surface area contributed by atoms with Gasteiger partial charge in [-0.15, -0.1) is 0 Å². The van der Waals surface area contributed by atoms with Crippen LogP contribution in [-0.4, -0.2) is 27.2 Å². The smallest absolute Gasteiger partial charge is 0.313 e. The summed E-state index contributed by atoms with van der Waals surface area (Å²) in [6, 6.07) is 7.83. The highest BCUT2D eigenvalue weighted by molar-refractivity contribution is 6.74. The first kappa shape index (κ1) is 19.4. The molecule has 5 heteroatoms. The van der Waals surface area contributed by atoms with E-state index in [2.05, 4.69) is 38.6 Å². The molecule has 1 aromatic rings. The largest absolute Gasteiger partial charge is 0.543 e. The molecule has 0 spiro atoms. The molecule has 0 amide bonds. The third kappa shape index (κ3) is 5.82. The van der Waals surface area contributed by atoms with Crippen molar-refractivity contribution in [2.75, 3.05) is 7.11 Å². The molecule has 0 bridgehead atoms. The van der Waals surface area contributed by atoms with Crippen molar-refractivity contribution in [2.24, 2.45) is 0 Å². The van der Waals surface area contributed by atoms with E-state index in [1.54, 1.807) is 0 Å². The summed E-state index contributed by atoms with van der Waals surface area (Å²) in [5.74, 6) is 0.254. The second kappa shape index (κ2) is 7.77. The van der Waals surface area contributed by atoms with Crippen molar-refractivity contribution in [3.63, 3.8) is 0 Å². The number of ketones is 1. The number of carbonyl (C=O) groups is 2. The van der Waals surface area contributed by atoms with Gasteiger partial charge in [-0.05, 0) is 36.2 Å². The van der Waals surface area contributed by atoms with Crippen molar-refractivity contribution >= 4 is 20.1 Å². The van der Waals surface area contributed by atoms with Crippen LogP contribution in [0.15, 0.2) is 24.3 Å². The van der Waals surface area contributed by atoms with Gasteiger partial charge in [-0.3, -0.25) is 9.59 Å². The molecule has 1 aromatic carbocycles. The molecule has 0 aromatic heterocycles. The molecule has 0 aliphatic rings. The molecule has 1 rings (SSSR count). The lowest BCUT2D eigenvalue weighted by Crippen LogP contribution is -2.44. The van der Waals surface area contributed by atoms with Crippen LogP contribution in [0.5, 0.6) is 5.75 Å². The van der Waals surface area contributed by atoms with Gasteiger partial charge in [0.15, 0.2) is 0 Å². The number of benzene rings is 1. The predicted molar refractivity (Wildman–Crippen MR) is 94.2 cm³/mol. The first-order chi connectivity index (χ1) is 10.6. The van der Waals surface area contributed by atoms with Crippen LogP contribution in [-0.2, 0) is 20.7 Å². The Balaban J connectivity index is 2.79. The molecule has 0 aliphatic carbocycles. The number of methoxy groups -OCH3 is 1. The van der Waals surface area contributed by atoms with Gasteiger partial charge in [0.25, 0.3) is 0 Å². The van der Waals surface area contributed by atoms with Crippen LogP contribution in [0.4, 0.5) is 0 Å². The van der Waals surface area contributed by atoms with Gasteiger partial charge in [0, 0.05) is 6.42 Å². The SMILES string of the molecule is COC(=O)CC(=O)CCc1ccccc1O[Si](C)(C)C(C)(C)C. The standard InChI is InChI=1S/C18H28O4Si/c1-18(2,3)23(5,6)22-16-10-8-7-9-14(16)11-12-15(19)13-17(20)21-4/h7-10H,11-13H2,1-6H3. The van der Waals surface area contributed by atoms with Crippen molar-refractivity contribution in [2.45, 2.75) is 58.2 Å². The third-order valence-electron chi connectivity index (χ3n) is 4.39. The molecule has 0 fully saturated rings. The van der Waals surface area contributed by atoms with Gasteiger partial charge in [0.2, 0.25) is 8.32 Å². The maximum Gasteiger partial charge on any atom is 0.313 e. The summed E-state index contributed by atoms with van der Waals surface area (Å²) in [5, 5.41) is 0.112. The van der Waals surface area contributed by atoms with Crippen molar-refractivity contribution < 1.29 is 18.8 Å². The highest BCUT2D eigenvalue weighted by atomic mass is 28.4. The van der Waals surface area contributed by atoms with E-state index in [0.29, 0.717) is 12.8 Å². The van der Waals surface area contributed by atoms with E-state index >= 15 is 0 Å². The van der Waals surface area contributed by atoms with E-state index in [4.69, 9.17) is 4.43 Å². The number of carbonyl (C=O) groups excluding carboxylic acids is 2. The van der Waals surface area contributed by atoms with Crippen LogP contribution in [0, 0.1) is 0 Å². The van der Waals surface area contributed by atoms with Crippen LogP contribution in [0.25, 0.3) is 0 Å². The summed E-state index contributed by atoms with van der Waals surface area (Å²) in [5.41, 5.74) is 1.01. The number of Topliss-reactive ketones (excluding diaryl/α,β-unsaturated/α-hetero) is 1. The lowest BCUT2D eigenvalue weighted by Gasteiger charge is -2.37. The molecule has 128 valence electrons. The fraction of sp³-hybridized carbons (Fsp3) is 0.556. The zero-order chi connectivity index (χ0) is 17.7. The summed E-state index contributed by atoms with van der Waals surface area (Å²) in [6.07, 6.45) is 0.718. The minimum Gasteiger partial charge on any atom is -0.543 e. The van der Waals surface area contributed by atoms with Crippen LogP contribution in [0.2, 0.25) is 18.1 Å². The van der Waals surface area contributed by atoms with Gasteiger partial charge in [0.1, 0.15) is 18.0 Å². The average Bonchev–Trinajstić information content (AvgIpc) is 2.44. The number of esters is 1. The summed E-state index contributed by atoms with van der Waals surface area (Å²) >= 11 is 0. The molecule has 0 unspecified atom stereocenters. The molecule has 0 atom stereocenters. The molecule has 23 heavy (non-hydrogen) atoms. The molecule has 4 nitrogen and oxygen atoms in total. The lowest BCUT2D eigenvalue weighted by atomic mass is 10.1. The normalized spacial score (nSPS) is 11.9. The first-order valence-electron chi connectivity index (χ1n) is 7.92. The average molecular weight is 337 g/mol. The van der Waals surface area contributed by atoms with E-state index in [0.717, 1.165) is 11.3 Å². The first-order valence-corrected chi connectivity index (χ1v) is 10.8. The van der Waals surface area contributed by atoms with Crippen molar-refractivity contribution in [1.82, 2.24) is 0 Å². The summed E-state index contributed by atoms with van der Waals surface area (Å²) < 4.78 is 10.9. The second-order valence-electron chi connectivity index (χ2n) is 7.26. The minimum atomic E-state index is -1.92. The summed E-state index contributed by atoms with van der Waals surface area (Å²) in [6.45, 7) is 11.0. The van der Waals surface area contributed by atoms with Crippen LogP contribution in [0.3, 0.4) is 0 Å². The van der Waals surface area contributed by atoms with Crippen LogP contribution < -0.4 is 4.43 Å². The van der Waals surface area contributed by atoms with E-state index in [-0.39, 0.29) is 17.2 Å². The highest BCUT2D eigenvalue weighted by Gasteiger charge is 2.39. The molecule has 0 saturated carbocycles. The van der Waals surface area contributed by atoms with E-state index < -0.39 is 14.3 Å². The van der Waals surface area contributed by atoms with E-state index in [1.807, 2.05) is 24.3 Å². The molecule has 0 aliphatic heterocycles. The second-order valence-corrected chi connectivity index (χ2v) is 12.0. The minimum absolute atomic E-state index is 0.112. The monoisotopic (exact) mass is 336 g/mol. The van der Waals surface area contributed by atoms with Gasteiger partial charge in [-0.25, -0.2) is 0 Å². The zero-order valence-electron chi connectivity index (χ0n) is 15.1. The molecule has 0 radical (unpaired) electrons. The number of ether oxygens (including phenoxy) is 1. The Bertz CT molecular complexity index is 558. The van der Waals surface area contributed by atoms with Crippen molar-refractivity contribution in [1.29, 1.82) is 0 Å². The van der Waals surface area contributed by atoms with E-state index in [9.17, 15) is 9.59 Å². The topological polar surface area (TPSA) is 52.6 Å². The third-order valence-corrected chi connectivity index (χ3v) is 8.73. The van der Waals surface area contributed by atoms with Crippen LogP contribution >= 0.6 is 0 Å². The predicted octanol–water partition coefficient (Wildman–Crippen LogP) is 4.14. The number of hydrogen-bond donors (Lipinski definition) is 0. The Hall–Kier alpha value is -1.62. The van der Waals surface area contributed by atoms with Crippen LogP contribution in [0.1, 0.15) is 39.2 Å². The maximum absolute atomic E-state index is 11.8. The fourth-order valence-corrected chi connectivity index (χ4v) is 2.89. The number of para-hydroxylation sites is 1. The van der Waals surface area contributed by atoms with Gasteiger partial charge < -0.3 is 9.16 Å². The Kier molecular flexibility index (Phi) is 6.56. The molecular formula is C18H28O4Si. The van der Waals surface area contributed by atoms with Gasteiger partial charge >= 0.3 is 5.97 Å². The molecule has 0 saturated heterocycles. The Morgan fingerprint density at radius 2 is 1.74 bits per heavy atom. The van der Waals surface area contributed by atoms with Crippen molar-refractivity contribution in [3.8, 4) is 5.75 Å². The number of rotatable bonds is 7. The summed E-state index contributed by atoms with van der Waals surface area (Å²) in [4.78, 5) is 22.9. The number of hydrogen-bond acceptors (Lipinski definition) is 4. The van der Waals surface area contributed by atoms with Gasteiger partial charge in [0.05, 0.1) is 7.11 Å². The molecule has 0 N–H and O–H groups in total. The van der Waals surface area contributed by atoms with E-state index in [1.165, 1.54) is 7.11 Å². The Labute approximate surface area is 140 Å².